The molecule has 2 N–H and O–H groups in total. The molecule has 7 heteroatoms. The van der Waals surface area contributed by atoms with Gasteiger partial charge in [-0.25, -0.2) is 13.1 Å². The molecule has 0 aromatic heterocycles. The third kappa shape index (κ3) is 6.32. The first-order valence-electron chi connectivity index (χ1n) is 2.86. The molecule has 0 saturated heterocycles. The number of aliphatic carboxylic acids is 1. The van der Waals surface area contributed by atoms with Gasteiger partial charge in [-0.2, -0.15) is 0 Å². The van der Waals surface area contributed by atoms with E-state index in [0.717, 1.165) is 0 Å². The molecular weight excluding hydrogens is 250 g/mol. The van der Waals surface area contributed by atoms with Gasteiger partial charge >= 0.3 is 5.97 Å². The molecule has 0 atom stereocenters. The second-order valence-electron chi connectivity index (χ2n) is 1.99. The fraction of sp³-hybridized carbons (Fsp3) is 0.400. The molecule has 0 aromatic rings. The Balaban J connectivity index is 4.06. The van der Waals surface area contributed by atoms with Crippen molar-refractivity contribution >= 4 is 31.9 Å². The van der Waals surface area contributed by atoms with Crippen molar-refractivity contribution in [3.63, 3.8) is 0 Å². The van der Waals surface area contributed by atoms with Crippen LogP contribution in [0.5, 0.6) is 0 Å². The minimum Gasteiger partial charge on any atom is -0.480 e. The van der Waals surface area contributed by atoms with Gasteiger partial charge in [0.05, 0.1) is 0 Å². The molecule has 0 spiro atoms. The Morgan fingerprint density at radius 2 is 2.08 bits per heavy atom. The van der Waals surface area contributed by atoms with E-state index in [9.17, 15) is 13.2 Å². The van der Waals surface area contributed by atoms with Crippen molar-refractivity contribution in [1.29, 1.82) is 0 Å². The largest absolute Gasteiger partial charge is 0.480 e. The predicted octanol–water partition coefficient (Wildman–Crippen LogP) is -0.101. The lowest BCUT2D eigenvalue weighted by molar-refractivity contribution is -0.134. The van der Waals surface area contributed by atoms with Crippen molar-refractivity contribution in [3.8, 4) is 0 Å². The van der Waals surface area contributed by atoms with E-state index in [0.29, 0.717) is 4.48 Å². The highest BCUT2D eigenvalue weighted by Crippen LogP contribution is 1.98. The van der Waals surface area contributed by atoms with E-state index in [1.807, 2.05) is 4.72 Å². The number of sulfonamides is 1. The minimum atomic E-state index is -3.72. The maximum absolute atomic E-state index is 10.8. The zero-order valence-electron chi connectivity index (χ0n) is 6.08. The monoisotopic (exact) mass is 257 g/mol. The van der Waals surface area contributed by atoms with Crippen LogP contribution in [0.25, 0.3) is 0 Å². The molecule has 0 aromatic carbocycles. The smallest absolute Gasteiger partial charge is 0.320 e. The number of rotatable bonds is 5. The maximum atomic E-state index is 10.8. The molecule has 0 aliphatic rings. The highest BCUT2D eigenvalue weighted by molar-refractivity contribution is 9.11. The third-order valence-electron chi connectivity index (χ3n) is 0.797. The van der Waals surface area contributed by atoms with Crippen molar-refractivity contribution in [2.45, 2.75) is 0 Å². The molecule has 0 aliphatic carbocycles. The first-order valence-corrected chi connectivity index (χ1v) is 5.30. The van der Waals surface area contributed by atoms with Gasteiger partial charge in [-0.1, -0.05) is 22.5 Å². The van der Waals surface area contributed by atoms with Crippen LogP contribution in [-0.2, 0) is 14.8 Å². The molecule has 70 valence electrons. The van der Waals surface area contributed by atoms with E-state index < -0.39 is 21.7 Å². The quantitative estimate of drug-likeness (QED) is 0.721. The summed E-state index contributed by atoms with van der Waals surface area (Å²) in [6, 6.07) is 0. The molecule has 0 aliphatic heterocycles. The van der Waals surface area contributed by atoms with Crippen molar-refractivity contribution in [1.82, 2.24) is 4.72 Å². The van der Waals surface area contributed by atoms with Crippen LogP contribution in [0.15, 0.2) is 11.1 Å². The zero-order chi connectivity index (χ0) is 9.78. The van der Waals surface area contributed by atoms with E-state index in [-0.39, 0.29) is 6.54 Å². The van der Waals surface area contributed by atoms with E-state index in [2.05, 4.69) is 22.5 Å². The fourth-order valence-corrected chi connectivity index (χ4v) is 1.55. The van der Waals surface area contributed by atoms with Gasteiger partial charge in [0.25, 0.3) is 0 Å². The molecule has 0 bridgehead atoms. The van der Waals surface area contributed by atoms with Crippen molar-refractivity contribution in [2.24, 2.45) is 0 Å². The average Bonchev–Trinajstić information content (AvgIpc) is 1.81. The summed E-state index contributed by atoms with van der Waals surface area (Å²) in [5.74, 6) is -2.31. The standard InChI is InChI=1S/C5H8BrNO4S/c1-4(6)2-7-12(10,11)3-5(8)9/h7H,1-3H2,(H,8,9). The van der Waals surface area contributed by atoms with Gasteiger partial charge < -0.3 is 5.11 Å². The number of carbonyl (C=O) groups is 1. The van der Waals surface area contributed by atoms with Crippen LogP contribution in [-0.4, -0.2) is 31.8 Å². The van der Waals surface area contributed by atoms with Crippen LogP contribution in [0, 0.1) is 0 Å². The molecule has 0 saturated carbocycles. The Kier molecular flexibility index (Phi) is 4.43. The van der Waals surface area contributed by atoms with E-state index in [1.165, 1.54) is 0 Å². The van der Waals surface area contributed by atoms with Crippen molar-refractivity contribution < 1.29 is 18.3 Å². The van der Waals surface area contributed by atoms with Crippen molar-refractivity contribution in [2.75, 3.05) is 12.3 Å². The summed E-state index contributed by atoms with van der Waals surface area (Å²) in [5, 5.41) is 8.16. The Bertz CT molecular complexity index is 284. The van der Waals surface area contributed by atoms with Gasteiger partial charge in [0.1, 0.15) is 0 Å². The molecule has 0 amide bonds. The summed E-state index contributed by atoms with van der Waals surface area (Å²) in [5.41, 5.74) is 0. The zero-order valence-corrected chi connectivity index (χ0v) is 8.48. The van der Waals surface area contributed by atoms with Crippen LogP contribution < -0.4 is 4.72 Å². The lowest BCUT2D eigenvalue weighted by Gasteiger charge is -2.01. The number of carboxylic acid groups (broad SMARTS) is 1. The number of carboxylic acids is 1. The van der Waals surface area contributed by atoms with Gasteiger partial charge in [-0.3, -0.25) is 4.79 Å². The molecule has 0 rings (SSSR count). The first-order chi connectivity index (χ1) is 5.33. The second-order valence-corrected chi connectivity index (χ2v) is 4.92. The van der Waals surface area contributed by atoms with Crippen LogP contribution in [0.2, 0.25) is 0 Å². The lowest BCUT2D eigenvalue weighted by atomic mass is 10.7. The third-order valence-corrected chi connectivity index (χ3v) is 2.29. The minimum absolute atomic E-state index is 0.00435. The first kappa shape index (κ1) is 11.6. The van der Waals surface area contributed by atoms with Crippen LogP contribution in [0.1, 0.15) is 0 Å². The summed E-state index contributed by atoms with van der Waals surface area (Å²) < 4.78 is 24.1. The lowest BCUT2D eigenvalue weighted by Crippen LogP contribution is -2.30. The van der Waals surface area contributed by atoms with Crippen molar-refractivity contribution in [3.05, 3.63) is 11.1 Å². The summed E-state index contributed by atoms with van der Waals surface area (Å²) in [7, 11) is -3.72. The molecular formula is C5H8BrNO4S. The Labute approximate surface area is 78.6 Å². The van der Waals surface area contributed by atoms with Gasteiger partial charge in [-0.15, -0.1) is 0 Å². The average molecular weight is 258 g/mol. The second kappa shape index (κ2) is 4.58. The number of nitrogens with one attached hydrogen (secondary N) is 1. The van der Waals surface area contributed by atoms with Crippen LogP contribution in [0.3, 0.4) is 0 Å². The number of halogens is 1. The predicted molar refractivity (Wildman–Crippen MR) is 47.5 cm³/mol. The molecule has 0 radical (unpaired) electrons. The number of hydrogen-bond acceptors (Lipinski definition) is 3. The van der Waals surface area contributed by atoms with Gasteiger partial charge in [0, 0.05) is 11.0 Å². The Hall–Kier alpha value is -0.400. The summed E-state index contributed by atoms with van der Waals surface area (Å²) in [6.07, 6.45) is 0. The van der Waals surface area contributed by atoms with E-state index in [4.69, 9.17) is 5.11 Å². The van der Waals surface area contributed by atoms with Crippen LogP contribution >= 0.6 is 15.9 Å². The van der Waals surface area contributed by atoms with E-state index in [1.54, 1.807) is 0 Å². The van der Waals surface area contributed by atoms with Gasteiger partial charge in [0.15, 0.2) is 5.75 Å². The highest BCUT2D eigenvalue weighted by atomic mass is 79.9. The Morgan fingerprint density at radius 3 is 2.42 bits per heavy atom. The molecule has 0 fully saturated rings. The SMILES string of the molecule is C=C(Br)CNS(=O)(=O)CC(=O)O. The fourth-order valence-electron chi connectivity index (χ4n) is 0.402. The van der Waals surface area contributed by atoms with Gasteiger partial charge in [0.2, 0.25) is 10.0 Å². The Morgan fingerprint density at radius 1 is 1.58 bits per heavy atom. The maximum Gasteiger partial charge on any atom is 0.320 e. The van der Waals surface area contributed by atoms with Crippen LogP contribution in [0.4, 0.5) is 0 Å². The molecule has 5 nitrogen and oxygen atoms in total. The number of hydrogen-bond donors (Lipinski definition) is 2. The van der Waals surface area contributed by atoms with E-state index >= 15 is 0 Å². The normalized spacial score (nSPS) is 11.1. The summed E-state index contributed by atoms with van der Waals surface area (Å²) in [6.45, 7) is 3.38. The molecule has 12 heavy (non-hydrogen) atoms. The molecule has 0 unspecified atom stereocenters. The topological polar surface area (TPSA) is 83.5 Å². The summed E-state index contributed by atoms with van der Waals surface area (Å²) in [4.78, 5) is 10.0. The summed E-state index contributed by atoms with van der Waals surface area (Å²) >= 11 is 2.92. The highest BCUT2D eigenvalue weighted by Gasteiger charge is 2.14. The molecule has 0 heterocycles. The van der Waals surface area contributed by atoms with Gasteiger partial charge in [-0.05, 0) is 0 Å².